The van der Waals surface area contributed by atoms with Crippen LogP contribution in [0, 0.1) is 19.7 Å². The van der Waals surface area contributed by atoms with E-state index in [0.717, 1.165) is 22.6 Å². The van der Waals surface area contributed by atoms with E-state index in [1.165, 1.54) is 24.3 Å². The van der Waals surface area contributed by atoms with Crippen LogP contribution in [0.3, 0.4) is 0 Å². The number of aryl methyl sites for hydroxylation is 2. The highest BCUT2D eigenvalue weighted by molar-refractivity contribution is 6.03. The van der Waals surface area contributed by atoms with E-state index in [0.29, 0.717) is 17.0 Å². The zero-order valence-corrected chi connectivity index (χ0v) is 16.1. The van der Waals surface area contributed by atoms with E-state index in [4.69, 9.17) is 4.74 Å². The van der Waals surface area contributed by atoms with Gasteiger partial charge in [0.15, 0.2) is 11.3 Å². The lowest BCUT2D eigenvalue weighted by atomic mass is 10.1. The van der Waals surface area contributed by atoms with Crippen molar-refractivity contribution < 1.29 is 13.9 Å². The molecule has 2 heterocycles. The molecule has 0 unspecified atom stereocenters. The Morgan fingerprint density at radius 3 is 2.38 bits per heavy atom. The maximum absolute atomic E-state index is 13.1. The van der Waals surface area contributed by atoms with Crippen LogP contribution in [0.5, 0.6) is 5.75 Å². The van der Waals surface area contributed by atoms with Crippen LogP contribution >= 0.6 is 0 Å². The standard InChI is InChI=1S/C21H18FN5O2/c1-12-18(14-4-10-17(29-3)11-5-14)20-25-24-19(13(2)27(20)26-12)21(28)23-16-8-6-15(22)7-9-16/h4-11H,1-3H3,(H,23,28). The van der Waals surface area contributed by atoms with Crippen LogP contribution in [0.25, 0.3) is 16.8 Å². The molecule has 0 aliphatic heterocycles. The summed E-state index contributed by atoms with van der Waals surface area (Å²) < 4.78 is 19.9. The number of hydrogen-bond acceptors (Lipinski definition) is 5. The molecule has 0 atom stereocenters. The lowest BCUT2D eigenvalue weighted by Gasteiger charge is -2.08. The zero-order chi connectivity index (χ0) is 20.5. The van der Waals surface area contributed by atoms with Crippen molar-refractivity contribution in [1.29, 1.82) is 0 Å². The first kappa shape index (κ1) is 18.5. The second-order valence-corrected chi connectivity index (χ2v) is 6.52. The Labute approximate surface area is 166 Å². The van der Waals surface area contributed by atoms with Gasteiger partial charge in [-0.15, -0.1) is 10.2 Å². The van der Waals surface area contributed by atoms with Gasteiger partial charge in [0.2, 0.25) is 0 Å². The number of methoxy groups -OCH3 is 1. The normalized spacial score (nSPS) is 10.9. The van der Waals surface area contributed by atoms with E-state index in [9.17, 15) is 9.18 Å². The second kappa shape index (κ2) is 7.31. The van der Waals surface area contributed by atoms with Gasteiger partial charge in [-0.05, 0) is 55.8 Å². The molecule has 0 saturated carbocycles. The van der Waals surface area contributed by atoms with Crippen LogP contribution in [-0.2, 0) is 0 Å². The average molecular weight is 391 g/mol. The van der Waals surface area contributed by atoms with Crippen LogP contribution in [0.1, 0.15) is 21.9 Å². The fraction of sp³-hybridized carbons (Fsp3) is 0.143. The van der Waals surface area contributed by atoms with Crippen molar-refractivity contribution in [2.45, 2.75) is 13.8 Å². The molecule has 0 aliphatic carbocycles. The van der Waals surface area contributed by atoms with Crippen LogP contribution in [-0.4, -0.2) is 32.8 Å². The van der Waals surface area contributed by atoms with Gasteiger partial charge in [-0.1, -0.05) is 12.1 Å². The summed E-state index contributed by atoms with van der Waals surface area (Å²) in [6.07, 6.45) is 0. The number of anilines is 1. The molecule has 0 saturated heterocycles. The third kappa shape index (κ3) is 3.40. The Balaban J connectivity index is 1.72. The summed E-state index contributed by atoms with van der Waals surface area (Å²) in [7, 11) is 1.61. The SMILES string of the molecule is COc1ccc(-c2c(C)nn3c(C)c(C(=O)Nc4ccc(F)cc4)nnc23)cc1. The molecular formula is C21H18FN5O2. The number of nitrogens with zero attached hydrogens (tertiary/aromatic N) is 4. The van der Waals surface area contributed by atoms with Crippen molar-refractivity contribution in [2.24, 2.45) is 0 Å². The number of carbonyl (C=O) groups is 1. The summed E-state index contributed by atoms with van der Waals surface area (Å²) in [5.74, 6) is -0.0639. The lowest BCUT2D eigenvalue weighted by Crippen LogP contribution is -2.18. The Kier molecular flexibility index (Phi) is 4.67. The number of nitrogens with one attached hydrogen (secondary N) is 1. The molecule has 1 N–H and O–H groups in total. The second-order valence-electron chi connectivity index (χ2n) is 6.52. The van der Waals surface area contributed by atoms with E-state index in [1.807, 2.05) is 31.2 Å². The van der Waals surface area contributed by atoms with E-state index >= 15 is 0 Å². The highest BCUT2D eigenvalue weighted by Gasteiger charge is 2.20. The predicted octanol–water partition coefficient (Wildman–Crippen LogP) is 3.81. The van der Waals surface area contributed by atoms with Crippen molar-refractivity contribution in [3.05, 3.63) is 71.4 Å². The third-order valence-corrected chi connectivity index (χ3v) is 4.64. The largest absolute Gasteiger partial charge is 0.497 e. The molecular weight excluding hydrogens is 373 g/mol. The minimum absolute atomic E-state index is 0.144. The number of amides is 1. The van der Waals surface area contributed by atoms with Crippen molar-refractivity contribution in [3.8, 4) is 16.9 Å². The van der Waals surface area contributed by atoms with Gasteiger partial charge in [0, 0.05) is 5.69 Å². The van der Waals surface area contributed by atoms with E-state index in [1.54, 1.807) is 18.5 Å². The summed E-state index contributed by atoms with van der Waals surface area (Å²) in [4.78, 5) is 12.6. The summed E-state index contributed by atoms with van der Waals surface area (Å²) >= 11 is 0. The van der Waals surface area contributed by atoms with E-state index in [2.05, 4.69) is 20.6 Å². The maximum Gasteiger partial charge on any atom is 0.278 e. The molecule has 2 aromatic carbocycles. The van der Waals surface area contributed by atoms with Gasteiger partial charge in [0.1, 0.15) is 11.6 Å². The molecule has 0 bridgehead atoms. The van der Waals surface area contributed by atoms with Gasteiger partial charge in [0.25, 0.3) is 5.91 Å². The average Bonchev–Trinajstić information content (AvgIpc) is 3.07. The van der Waals surface area contributed by atoms with Gasteiger partial charge >= 0.3 is 0 Å². The van der Waals surface area contributed by atoms with E-state index < -0.39 is 5.91 Å². The molecule has 7 nitrogen and oxygen atoms in total. The Morgan fingerprint density at radius 1 is 1.03 bits per heavy atom. The number of ether oxygens (including phenoxy) is 1. The fourth-order valence-corrected chi connectivity index (χ4v) is 3.14. The summed E-state index contributed by atoms with van der Waals surface area (Å²) in [5, 5.41) is 15.6. The number of aromatic nitrogens is 4. The third-order valence-electron chi connectivity index (χ3n) is 4.64. The lowest BCUT2D eigenvalue weighted by molar-refractivity contribution is 0.102. The molecule has 0 radical (unpaired) electrons. The molecule has 4 aromatic rings. The van der Waals surface area contributed by atoms with Crippen molar-refractivity contribution in [3.63, 3.8) is 0 Å². The molecule has 0 fully saturated rings. The van der Waals surface area contributed by atoms with Gasteiger partial charge in [0.05, 0.1) is 24.1 Å². The topological polar surface area (TPSA) is 81.4 Å². The predicted molar refractivity (Wildman–Crippen MR) is 107 cm³/mol. The number of benzene rings is 2. The Hall–Kier alpha value is -3.81. The molecule has 0 aliphatic rings. The number of halogens is 1. The minimum Gasteiger partial charge on any atom is -0.497 e. The van der Waals surface area contributed by atoms with Gasteiger partial charge in [-0.2, -0.15) is 5.10 Å². The molecule has 146 valence electrons. The summed E-state index contributed by atoms with van der Waals surface area (Å²) in [6.45, 7) is 3.64. The van der Waals surface area contributed by atoms with Crippen molar-refractivity contribution in [1.82, 2.24) is 19.8 Å². The van der Waals surface area contributed by atoms with Crippen LogP contribution in [0.15, 0.2) is 48.5 Å². The summed E-state index contributed by atoms with van der Waals surface area (Å²) in [5.41, 5.74) is 4.26. The van der Waals surface area contributed by atoms with Gasteiger partial charge in [-0.25, -0.2) is 8.91 Å². The Morgan fingerprint density at radius 2 is 1.72 bits per heavy atom. The number of carbonyl (C=O) groups excluding carboxylic acids is 1. The first-order chi connectivity index (χ1) is 14.0. The molecule has 8 heteroatoms. The Bertz CT molecular complexity index is 1200. The number of fused-ring (bicyclic) bond motifs is 1. The minimum atomic E-state index is -0.442. The fourth-order valence-electron chi connectivity index (χ4n) is 3.14. The van der Waals surface area contributed by atoms with Gasteiger partial charge < -0.3 is 10.1 Å². The smallest absolute Gasteiger partial charge is 0.278 e. The first-order valence-electron chi connectivity index (χ1n) is 8.92. The molecule has 0 spiro atoms. The van der Waals surface area contributed by atoms with Crippen molar-refractivity contribution in [2.75, 3.05) is 12.4 Å². The maximum atomic E-state index is 13.1. The van der Waals surface area contributed by atoms with Crippen LogP contribution < -0.4 is 10.1 Å². The van der Waals surface area contributed by atoms with Crippen molar-refractivity contribution >= 4 is 17.2 Å². The molecule has 4 rings (SSSR count). The zero-order valence-electron chi connectivity index (χ0n) is 16.1. The van der Waals surface area contributed by atoms with Crippen LogP contribution in [0.2, 0.25) is 0 Å². The highest BCUT2D eigenvalue weighted by Crippen LogP contribution is 2.29. The highest BCUT2D eigenvalue weighted by atomic mass is 19.1. The number of hydrogen-bond donors (Lipinski definition) is 1. The monoisotopic (exact) mass is 391 g/mol. The molecule has 1 amide bonds. The molecule has 29 heavy (non-hydrogen) atoms. The molecule has 2 aromatic heterocycles. The summed E-state index contributed by atoms with van der Waals surface area (Å²) in [6, 6.07) is 13.1. The quantitative estimate of drug-likeness (QED) is 0.572. The van der Waals surface area contributed by atoms with E-state index in [-0.39, 0.29) is 11.5 Å². The number of rotatable bonds is 4. The van der Waals surface area contributed by atoms with Crippen LogP contribution in [0.4, 0.5) is 10.1 Å². The first-order valence-corrected chi connectivity index (χ1v) is 8.92. The van der Waals surface area contributed by atoms with Gasteiger partial charge in [-0.3, -0.25) is 4.79 Å².